The molecule has 0 saturated carbocycles. The number of fused-ring (bicyclic) bond motifs is 1. The second kappa shape index (κ2) is 6.99. The van der Waals surface area contributed by atoms with E-state index in [0.29, 0.717) is 0 Å². The molecular formula is C12H15Cl2Zr. The Labute approximate surface area is 124 Å². The van der Waals surface area contributed by atoms with Gasteiger partial charge >= 0.3 is 26.2 Å². The first kappa shape index (κ1) is 17.9. The van der Waals surface area contributed by atoms with Crippen LogP contribution in [-0.2, 0) is 39.0 Å². The molecular weight excluding hydrogens is 306 g/mol. The maximum Gasteiger partial charge on any atom is 3.00 e. The monoisotopic (exact) mass is 319 g/mol. The SMILES string of the molecule is CC1=C(C)Cc2[cH-]c(C)cc2C1.[Cl-].[Cl-].[Zr+3]. The first-order chi connectivity index (χ1) is 5.66. The van der Waals surface area contributed by atoms with Crippen molar-refractivity contribution in [2.75, 3.05) is 0 Å². The molecule has 1 aromatic carbocycles. The molecule has 0 saturated heterocycles. The normalized spacial score (nSPS) is 13.3. The summed E-state index contributed by atoms with van der Waals surface area (Å²) in [5.74, 6) is 0. The van der Waals surface area contributed by atoms with Gasteiger partial charge in [-0.3, -0.25) is 0 Å². The van der Waals surface area contributed by atoms with Crippen LogP contribution in [0.15, 0.2) is 23.3 Å². The summed E-state index contributed by atoms with van der Waals surface area (Å²) in [6.45, 7) is 6.68. The van der Waals surface area contributed by atoms with Crippen molar-refractivity contribution >= 4 is 0 Å². The maximum atomic E-state index is 2.32. The van der Waals surface area contributed by atoms with Gasteiger partial charge in [0.15, 0.2) is 0 Å². The fourth-order valence-corrected chi connectivity index (χ4v) is 1.98. The van der Waals surface area contributed by atoms with Gasteiger partial charge in [0.05, 0.1) is 0 Å². The van der Waals surface area contributed by atoms with Crippen LogP contribution in [-0.4, -0.2) is 0 Å². The summed E-state index contributed by atoms with van der Waals surface area (Å²) < 4.78 is 0. The summed E-state index contributed by atoms with van der Waals surface area (Å²) in [5.41, 5.74) is 7.65. The van der Waals surface area contributed by atoms with Gasteiger partial charge < -0.3 is 24.8 Å². The third-order valence-electron chi connectivity index (χ3n) is 2.86. The molecule has 0 nitrogen and oxygen atoms in total. The molecule has 0 unspecified atom stereocenters. The Bertz CT molecular complexity index is 319. The van der Waals surface area contributed by atoms with Crippen LogP contribution in [0.25, 0.3) is 0 Å². The smallest absolute Gasteiger partial charge is 1.00 e. The fourth-order valence-electron chi connectivity index (χ4n) is 1.98. The summed E-state index contributed by atoms with van der Waals surface area (Å²) in [4.78, 5) is 0. The van der Waals surface area contributed by atoms with Gasteiger partial charge in [-0.25, -0.2) is 6.07 Å². The molecule has 81 valence electrons. The Morgan fingerprint density at radius 2 is 1.53 bits per heavy atom. The number of hydrogen-bond donors (Lipinski definition) is 0. The minimum absolute atomic E-state index is 0. The van der Waals surface area contributed by atoms with Crippen LogP contribution >= 0.6 is 0 Å². The van der Waals surface area contributed by atoms with Crippen molar-refractivity contribution in [1.82, 2.24) is 0 Å². The number of aryl methyl sites for hydroxylation is 1. The van der Waals surface area contributed by atoms with Crippen LogP contribution < -0.4 is 24.8 Å². The van der Waals surface area contributed by atoms with E-state index in [0.717, 1.165) is 0 Å². The number of rotatable bonds is 0. The fraction of sp³-hybridized carbons (Fsp3) is 0.417. The Morgan fingerprint density at radius 3 is 2.13 bits per heavy atom. The van der Waals surface area contributed by atoms with Gasteiger partial charge in [-0.1, -0.05) is 24.5 Å². The van der Waals surface area contributed by atoms with Crippen LogP contribution in [0.2, 0.25) is 0 Å². The van der Waals surface area contributed by atoms with Crippen molar-refractivity contribution in [3.8, 4) is 0 Å². The van der Waals surface area contributed by atoms with E-state index in [1.807, 2.05) is 0 Å². The predicted octanol–water partition coefficient (Wildman–Crippen LogP) is -2.85. The molecule has 1 aromatic rings. The third-order valence-corrected chi connectivity index (χ3v) is 2.86. The van der Waals surface area contributed by atoms with Crippen molar-refractivity contribution in [1.29, 1.82) is 0 Å². The summed E-state index contributed by atoms with van der Waals surface area (Å²) in [7, 11) is 0. The Kier molecular flexibility index (Phi) is 8.36. The van der Waals surface area contributed by atoms with Crippen LogP contribution in [0.4, 0.5) is 0 Å². The molecule has 0 aliphatic heterocycles. The summed E-state index contributed by atoms with van der Waals surface area (Å²) >= 11 is 0. The van der Waals surface area contributed by atoms with E-state index in [-0.39, 0.29) is 51.0 Å². The van der Waals surface area contributed by atoms with Gasteiger partial charge in [-0.05, 0) is 20.3 Å². The quantitative estimate of drug-likeness (QED) is 0.357. The second-order valence-electron chi connectivity index (χ2n) is 4.00. The molecule has 1 radical (unpaired) electrons. The number of allylic oxidation sites excluding steroid dienone is 2. The number of halogens is 2. The standard InChI is InChI=1S/C12H15.2ClH.Zr/c1-8-4-11-6-9(2)10(3)7-12(11)5-8;;;/h4-5H,6-7H2,1-3H3;2*1H;/q-1;;;+3/p-2. The molecule has 3 heteroatoms. The topological polar surface area (TPSA) is 0 Å². The molecule has 0 aromatic heterocycles. The molecule has 0 atom stereocenters. The average Bonchev–Trinajstić information content (AvgIpc) is 2.30. The number of hydrogen-bond acceptors (Lipinski definition) is 0. The second-order valence-corrected chi connectivity index (χ2v) is 4.00. The van der Waals surface area contributed by atoms with Crippen molar-refractivity contribution < 1.29 is 51.0 Å². The third kappa shape index (κ3) is 3.80. The van der Waals surface area contributed by atoms with Gasteiger partial charge in [0, 0.05) is 0 Å². The zero-order chi connectivity index (χ0) is 8.72. The summed E-state index contributed by atoms with van der Waals surface area (Å²) in [5, 5.41) is 0. The Balaban J connectivity index is 0. The van der Waals surface area contributed by atoms with Gasteiger partial charge in [0.25, 0.3) is 0 Å². The first-order valence-electron chi connectivity index (χ1n) is 4.57. The minimum atomic E-state index is 0. The van der Waals surface area contributed by atoms with Gasteiger partial charge in [-0.2, -0.15) is 22.8 Å². The van der Waals surface area contributed by atoms with Crippen molar-refractivity contribution in [2.24, 2.45) is 0 Å². The zero-order valence-corrected chi connectivity index (χ0v) is 13.3. The molecule has 1 aliphatic rings. The van der Waals surface area contributed by atoms with E-state index in [4.69, 9.17) is 0 Å². The molecule has 0 N–H and O–H groups in total. The van der Waals surface area contributed by atoms with Crippen LogP contribution in [0.3, 0.4) is 0 Å². The largest absolute Gasteiger partial charge is 3.00 e. The summed E-state index contributed by atoms with van der Waals surface area (Å²) in [6, 6.07) is 4.65. The average molecular weight is 321 g/mol. The molecule has 0 heterocycles. The predicted molar refractivity (Wildman–Crippen MR) is 52.6 cm³/mol. The molecule has 0 bridgehead atoms. The molecule has 2 rings (SSSR count). The van der Waals surface area contributed by atoms with Crippen LogP contribution in [0, 0.1) is 6.92 Å². The van der Waals surface area contributed by atoms with Crippen molar-refractivity contribution in [3.05, 3.63) is 40.0 Å². The van der Waals surface area contributed by atoms with Gasteiger partial charge in [0.2, 0.25) is 0 Å². The molecule has 0 fully saturated rings. The molecule has 0 amide bonds. The maximum absolute atomic E-state index is 2.32. The van der Waals surface area contributed by atoms with E-state index in [9.17, 15) is 0 Å². The molecule has 1 aliphatic carbocycles. The minimum Gasteiger partial charge on any atom is -1.00 e. The molecule has 15 heavy (non-hydrogen) atoms. The van der Waals surface area contributed by atoms with E-state index in [1.54, 1.807) is 22.3 Å². The summed E-state index contributed by atoms with van der Waals surface area (Å²) in [6.07, 6.45) is 2.35. The van der Waals surface area contributed by atoms with E-state index < -0.39 is 0 Å². The Morgan fingerprint density at radius 1 is 1.00 bits per heavy atom. The van der Waals surface area contributed by atoms with Crippen LogP contribution in [0.1, 0.15) is 30.5 Å². The Hall–Kier alpha value is 0.553. The molecule has 0 spiro atoms. The van der Waals surface area contributed by atoms with Crippen LogP contribution in [0.5, 0.6) is 0 Å². The zero-order valence-electron chi connectivity index (χ0n) is 9.32. The first-order valence-corrected chi connectivity index (χ1v) is 4.57. The van der Waals surface area contributed by atoms with Gasteiger partial charge in [-0.15, -0.1) is 0 Å². The van der Waals surface area contributed by atoms with E-state index >= 15 is 0 Å². The van der Waals surface area contributed by atoms with Gasteiger partial charge in [0.1, 0.15) is 0 Å². The van der Waals surface area contributed by atoms with E-state index in [1.165, 1.54) is 18.4 Å². The van der Waals surface area contributed by atoms with Crippen molar-refractivity contribution in [2.45, 2.75) is 33.6 Å². The van der Waals surface area contributed by atoms with Crippen molar-refractivity contribution in [3.63, 3.8) is 0 Å². The van der Waals surface area contributed by atoms with E-state index in [2.05, 4.69) is 32.9 Å².